The smallest absolute Gasteiger partial charge is 0.272 e. The number of H-pyrrole nitrogens is 1. The van der Waals surface area contributed by atoms with Gasteiger partial charge >= 0.3 is 0 Å². The molecule has 126 valence electrons. The van der Waals surface area contributed by atoms with Gasteiger partial charge in [0.25, 0.3) is 5.91 Å². The Morgan fingerprint density at radius 1 is 1.24 bits per heavy atom. The average Bonchev–Trinajstić information content (AvgIpc) is 3.19. The number of aromatic nitrogens is 1. The third kappa shape index (κ3) is 2.85. The summed E-state index contributed by atoms with van der Waals surface area (Å²) in [6.07, 6.45) is 14.3. The standard InChI is InChI=1S/C20H19N3O2/c1-23(2)14-8-9-19-16(12-14)15-11-13(5-3-7-18(15)25-19)22-20(24)17-6-4-10-21-17/h3-11,21H,12H2,1-2H3,(H,22,24). The molecule has 2 heterocycles. The van der Waals surface area contributed by atoms with Crippen molar-refractivity contribution < 1.29 is 9.21 Å². The number of carbonyl (C=O) groups is 1. The molecule has 0 radical (unpaired) electrons. The zero-order chi connectivity index (χ0) is 17.4. The molecule has 2 aliphatic carbocycles. The highest BCUT2D eigenvalue weighted by Crippen LogP contribution is 2.17. The lowest BCUT2D eigenvalue weighted by atomic mass is 10.0. The third-order valence-corrected chi connectivity index (χ3v) is 4.39. The van der Waals surface area contributed by atoms with E-state index >= 15 is 0 Å². The van der Waals surface area contributed by atoms with Crippen molar-refractivity contribution in [1.29, 1.82) is 0 Å². The van der Waals surface area contributed by atoms with Crippen molar-refractivity contribution in [2.24, 2.45) is 0 Å². The van der Waals surface area contributed by atoms with E-state index < -0.39 is 0 Å². The molecule has 1 amide bonds. The maximum absolute atomic E-state index is 12.3. The van der Waals surface area contributed by atoms with E-state index in [-0.39, 0.29) is 5.91 Å². The first-order chi connectivity index (χ1) is 12.1. The normalized spacial score (nSPS) is 15.0. The van der Waals surface area contributed by atoms with Crippen LogP contribution < -0.4 is 16.1 Å². The molecule has 0 aliphatic heterocycles. The van der Waals surface area contributed by atoms with Gasteiger partial charge < -0.3 is 19.6 Å². The minimum absolute atomic E-state index is 0.165. The number of rotatable bonds is 3. The summed E-state index contributed by atoms with van der Waals surface area (Å²) in [4.78, 5) is 17.3. The summed E-state index contributed by atoms with van der Waals surface area (Å²) in [5.74, 6) is -0.165. The summed E-state index contributed by atoms with van der Waals surface area (Å²) in [6, 6.07) is 3.55. The number of carbonyl (C=O) groups excluding carboxylic acids is 1. The number of furan rings is 1. The number of nitrogens with one attached hydrogen (secondary N) is 2. The molecule has 0 saturated heterocycles. The Labute approximate surface area is 145 Å². The van der Waals surface area contributed by atoms with E-state index in [9.17, 15) is 4.79 Å². The van der Waals surface area contributed by atoms with Crippen LogP contribution in [0.25, 0.3) is 18.2 Å². The van der Waals surface area contributed by atoms with Gasteiger partial charge in [-0.05, 0) is 42.5 Å². The Bertz CT molecular complexity index is 1030. The van der Waals surface area contributed by atoms with Crippen molar-refractivity contribution in [1.82, 2.24) is 15.2 Å². The SMILES string of the molecule is CN(C)C1=CC=c2oc3c(c2C1)C=C(NC(=O)c1ccc[nH]1)C=CC=3. The second-order valence-corrected chi connectivity index (χ2v) is 6.28. The maximum Gasteiger partial charge on any atom is 0.272 e. The molecule has 0 aromatic carbocycles. The number of likely N-dealkylation sites (N-methyl/N-ethyl adjacent to an activating group) is 1. The molecule has 2 aromatic heterocycles. The fraction of sp³-hybridized carbons (Fsp3) is 0.150. The quantitative estimate of drug-likeness (QED) is 0.895. The van der Waals surface area contributed by atoms with E-state index in [1.165, 1.54) is 5.70 Å². The van der Waals surface area contributed by atoms with E-state index in [1.54, 1.807) is 18.3 Å². The van der Waals surface area contributed by atoms with E-state index in [2.05, 4.69) is 21.3 Å². The minimum atomic E-state index is -0.165. The van der Waals surface area contributed by atoms with Crippen molar-refractivity contribution in [2.75, 3.05) is 14.1 Å². The molecule has 0 spiro atoms. The van der Waals surface area contributed by atoms with Crippen molar-refractivity contribution in [2.45, 2.75) is 6.42 Å². The second kappa shape index (κ2) is 6.02. The summed E-state index contributed by atoms with van der Waals surface area (Å²) in [7, 11) is 4.07. The van der Waals surface area contributed by atoms with Gasteiger partial charge in [0.15, 0.2) is 0 Å². The molecule has 2 aliphatic rings. The van der Waals surface area contributed by atoms with Crippen LogP contribution >= 0.6 is 0 Å². The van der Waals surface area contributed by atoms with Crippen LogP contribution in [-0.2, 0) is 6.42 Å². The highest BCUT2D eigenvalue weighted by molar-refractivity contribution is 5.94. The first kappa shape index (κ1) is 15.3. The van der Waals surface area contributed by atoms with Crippen LogP contribution in [0.5, 0.6) is 0 Å². The van der Waals surface area contributed by atoms with Gasteiger partial charge in [-0.1, -0.05) is 6.08 Å². The molecule has 0 bridgehead atoms. The molecule has 5 nitrogen and oxygen atoms in total. The molecular weight excluding hydrogens is 314 g/mol. The van der Waals surface area contributed by atoms with Crippen LogP contribution in [0.3, 0.4) is 0 Å². The lowest BCUT2D eigenvalue weighted by Gasteiger charge is -2.18. The number of allylic oxidation sites excluding steroid dienone is 4. The Kier molecular flexibility index (Phi) is 3.69. The number of hydrogen-bond acceptors (Lipinski definition) is 3. The van der Waals surface area contributed by atoms with E-state index in [0.29, 0.717) is 5.69 Å². The van der Waals surface area contributed by atoms with Crippen LogP contribution in [0.2, 0.25) is 0 Å². The number of fused-ring (bicyclic) bond motifs is 3. The predicted octanol–water partition coefficient (Wildman–Crippen LogP) is 1.51. The Morgan fingerprint density at radius 2 is 2.12 bits per heavy atom. The van der Waals surface area contributed by atoms with Gasteiger partial charge in [0, 0.05) is 49.2 Å². The molecule has 0 unspecified atom stereocenters. The predicted molar refractivity (Wildman–Crippen MR) is 97.7 cm³/mol. The Morgan fingerprint density at radius 3 is 2.88 bits per heavy atom. The lowest BCUT2D eigenvalue weighted by Crippen LogP contribution is -2.22. The lowest BCUT2D eigenvalue weighted by molar-refractivity contribution is 0.0963. The number of nitrogens with zero attached hydrogens (tertiary/aromatic N) is 1. The highest BCUT2D eigenvalue weighted by Gasteiger charge is 2.17. The van der Waals surface area contributed by atoms with Crippen LogP contribution in [0.4, 0.5) is 0 Å². The summed E-state index contributed by atoms with van der Waals surface area (Å²) in [5.41, 5.74) is 6.35. The first-order valence-electron chi connectivity index (χ1n) is 8.16. The van der Waals surface area contributed by atoms with Crippen LogP contribution in [0, 0.1) is 0 Å². The number of amides is 1. The van der Waals surface area contributed by atoms with Crippen molar-refractivity contribution in [3.63, 3.8) is 0 Å². The summed E-state index contributed by atoms with van der Waals surface area (Å²) >= 11 is 0. The minimum Gasteiger partial charge on any atom is -0.456 e. The Balaban J connectivity index is 1.70. The molecule has 2 aromatic rings. The van der Waals surface area contributed by atoms with Gasteiger partial charge in [-0.2, -0.15) is 0 Å². The van der Waals surface area contributed by atoms with Crippen molar-refractivity contribution in [3.8, 4) is 0 Å². The fourth-order valence-electron chi connectivity index (χ4n) is 3.03. The molecule has 5 heteroatoms. The third-order valence-electron chi connectivity index (χ3n) is 4.39. The largest absolute Gasteiger partial charge is 0.456 e. The topological polar surface area (TPSA) is 61.3 Å². The van der Waals surface area contributed by atoms with E-state index in [4.69, 9.17) is 4.42 Å². The maximum atomic E-state index is 12.3. The molecule has 2 N–H and O–H groups in total. The zero-order valence-corrected chi connectivity index (χ0v) is 14.2. The number of aromatic amines is 1. The van der Waals surface area contributed by atoms with Gasteiger partial charge in [0.05, 0.1) is 0 Å². The molecule has 0 saturated carbocycles. The zero-order valence-electron chi connectivity index (χ0n) is 14.2. The summed E-state index contributed by atoms with van der Waals surface area (Å²) in [5, 5.41) is 2.94. The average molecular weight is 333 g/mol. The molecular formula is C20H19N3O2. The Hall–Kier alpha value is -3.21. The van der Waals surface area contributed by atoms with Crippen LogP contribution in [0.1, 0.15) is 21.6 Å². The second-order valence-electron chi connectivity index (χ2n) is 6.28. The molecule has 0 fully saturated rings. The van der Waals surface area contributed by atoms with E-state index in [1.807, 2.05) is 44.5 Å². The van der Waals surface area contributed by atoms with Gasteiger partial charge in [-0.15, -0.1) is 0 Å². The van der Waals surface area contributed by atoms with Crippen molar-refractivity contribution >= 4 is 24.1 Å². The van der Waals surface area contributed by atoms with E-state index in [0.717, 1.165) is 34.1 Å². The highest BCUT2D eigenvalue weighted by atomic mass is 16.3. The van der Waals surface area contributed by atoms with Crippen LogP contribution in [-0.4, -0.2) is 29.9 Å². The van der Waals surface area contributed by atoms with Crippen LogP contribution in [0.15, 0.2) is 52.4 Å². The fourth-order valence-corrected chi connectivity index (χ4v) is 3.03. The molecule has 25 heavy (non-hydrogen) atoms. The molecule has 0 atom stereocenters. The van der Waals surface area contributed by atoms with Gasteiger partial charge in [-0.3, -0.25) is 4.79 Å². The number of hydrogen-bond donors (Lipinski definition) is 2. The monoisotopic (exact) mass is 333 g/mol. The first-order valence-corrected chi connectivity index (χ1v) is 8.16. The molecule has 4 rings (SSSR count). The van der Waals surface area contributed by atoms with Gasteiger partial charge in [0.1, 0.15) is 16.5 Å². The van der Waals surface area contributed by atoms with Gasteiger partial charge in [0.2, 0.25) is 0 Å². The van der Waals surface area contributed by atoms with Crippen molar-refractivity contribution in [3.05, 3.63) is 75.6 Å². The summed E-state index contributed by atoms with van der Waals surface area (Å²) < 4.78 is 5.97. The van der Waals surface area contributed by atoms with Gasteiger partial charge in [-0.25, -0.2) is 0 Å². The summed E-state index contributed by atoms with van der Waals surface area (Å²) in [6.45, 7) is 0.